The quantitative estimate of drug-likeness (QED) is 0.672. The second-order valence-electron chi connectivity index (χ2n) is 5.39. The number of methoxy groups -OCH3 is 2. The summed E-state index contributed by atoms with van der Waals surface area (Å²) in [7, 11) is -4.25. The molecule has 130 valence electrons. The van der Waals surface area contributed by atoms with Crippen molar-refractivity contribution in [3.63, 3.8) is 0 Å². The van der Waals surface area contributed by atoms with Crippen LogP contribution < -0.4 is 5.32 Å². The number of rotatable bonds is 7. The maximum atomic E-state index is 12.7. The van der Waals surface area contributed by atoms with Crippen molar-refractivity contribution in [2.24, 2.45) is 0 Å². The fraction of sp³-hybridized carbons (Fsp3) is 0.571. The summed E-state index contributed by atoms with van der Waals surface area (Å²) >= 11 is 0. The van der Waals surface area contributed by atoms with Gasteiger partial charge in [-0.25, -0.2) is 16.8 Å². The lowest BCUT2D eigenvalue weighted by Crippen LogP contribution is -2.46. The molecule has 2 atom stereocenters. The molecular weight excluding hydrogens is 342 g/mol. The van der Waals surface area contributed by atoms with Gasteiger partial charge in [0.25, 0.3) is 0 Å². The van der Waals surface area contributed by atoms with Gasteiger partial charge in [-0.15, -0.1) is 0 Å². The fourth-order valence-electron chi connectivity index (χ4n) is 2.61. The molecule has 0 aliphatic carbocycles. The Morgan fingerprint density at radius 1 is 1.17 bits per heavy atom. The van der Waals surface area contributed by atoms with E-state index in [1.165, 1.54) is 26.4 Å². The maximum Gasteiger partial charge on any atom is 0.183 e. The van der Waals surface area contributed by atoms with Gasteiger partial charge in [-0.1, -0.05) is 18.2 Å². The third-order valence-electron chi connectivity index (χ3n) is 3.84. The third-order valence-corrected chi connectivity index (χ3v) is 8.01. The van der Waals surface area contributed by atoms with E-state index in [9.17, 15) is 16.8 Å². The van der Waals surface area contributed by atoms with Crippen LogP contribution in [0.2, 0.25) is 0 Å². The van der Waals surface area contributed by atoms with Crippen molar-refractivity contribution in [3.8, 4) is 0 Å². The molecule has 1 aromatic carbocycles. The van der Waals surface area contributed by atoms with E-state index in [1.807, 2.05) is 0 Å². The molecule has 1 saturated heterocycles. The first-order valence-corrected chi connectivity index (χ1v) is 10.5. The van der Waals surface area contributed by atoms with Crippen LogP contribution in [0.4, 0.5) is 0 Å². The van der Waals surface area contributed by atoms with E-state index >= 15 is 0 Å². The van der Waals surface area contributed by atoms with Crippen LogP contribution in [0.3, 0.4) is 0 Å². The molecule has 23 heavy (non-hydrogen) atoms. The van der Waals surface area contributed by atoms with Crippen LogP contribution in [-0.4, -0.2) is 66.7 Å². The van der Waals surface area contributed by atoms with E-state index in [2.05, 4.69) is 5.32 Å². The highest BCUT2D eigenvalue weighted by atomic mass is 32.2. The Morgan fingerprint density at radius 2 is 1.78 bits per heavy atom. The Kier molecular flexibility index (Phi) is 5.79. The van der Waals surface area contributed by atoms with E-state index in [0.29, 0.717) is 0 Å². The average Bonchev–Trinajstić information content (AvgIpc) is 2.85. The monoisotopic (exact) mass is 363 g/mol. The van der Waals surface area contributed by atoms with Gasteiger partial charge in [0, 0.05) is 26.8 Å². The fourth-order valence-corrected chi connectivity index (χ4v) is 7.34. The first-order valence-electron chi connectivity index (χ1n) is 7.08. The summed E-state index contributed by atoms with van der Waals surface area (Å²) in [5, 5.41) is 1.93. The molecule has 1 N–H and O–H groups in total. The predicted octanol–water partition coefficient (Wildman–Crippen LogP) is -0.166. The minimum atomic E-state index is -3.74. The van der Waals surface area contributed by atoms with Gasteiger partial charge in [-0.2, -0.15) is 0 Å². The van der Waals surface area contributed by atoms with Crippen LogP contribution in [0.5, 0.6) is 0 Å². The second-order valence-corrected chi connectivity index (χ2v) is 9.71. The zero-order chi connectivity index (χ0) is 17.1. The van der Waals surface area contributed by atoms with Crippen molar-refractivity contribution in [2.45, 2.75) is 22.5 Å². The summed E-state index contributed by atoms with van der Waals surface area (Å²) in [6.07, 6.45) is -0.571. The minimum Gasteiger partial charge on any atom is -0.355 e. The molecule has 0 radical (unpaired) electrons. The molecule has 0 spiro atoms. The zero-order valence-electron chi connectivity index (χ0n) is 13.0. The predicted molar refractivity (Wildman–Crippen MR) is 85.7 cm³/mol. The van der Waals surface area contributed by atoms with E-state index in [4.69, 9.17) is 9.47 Å². The zero-order valence-corrected chi connectivity index (χ0v) is 14.6. The van der Waals surface area contributed by atoms with Crippen molar-refractivity contribution in [3.05, 3.63) is 30.3 Å². The Morgan fingerprint density at radius 3 is 2.35 bits per heavy atom. The molecule has 0 amide bonds. The normalized spacial score (nSPS) is 24.1. The molecule has 0 saturated carbocycles. The molecule has 0 bridgehead atoms. The molecule has 1 aromatic rings. The Bertz CT molecular complexity index is 713. The second kappa shape index (κ2) is 7.27. The standard InChI is InChI=1S/C14H21NO6S2/c1-20-14(21-2)8-15-12-9-22(16,17)10-13(12)23(18,19)11-6-4-3-5-7-11/h3-7,12-15H,8-10H2,1-2H3/t12-,13-/m1/s1. The van der Waals surface area contributed by atoms with Crippen molar-refractivity contribution in [1.29, 1.82) is 0 Å². The topological polar surface area (TPSA) is 98.8 Å². The van der Waals surface area contributed by atoms with E-state index < -0.39 is 37.3 Å². The molecule has 1 aliphatic heterocycles. The molecule has 2 rings (SSSR count). The van der Waals surface area contributed by atoms with Crippen LogP contribution in [0.25, 0.3) is 0 Å². The van der Waals surface area contributed by atoms with Crippen LogP contribution in [0.1, 0.15) is 0 Å². The summed E-state index contributed by atoms with van der Waals surface area (Å²) < 4.78 is 59.5. The van der Waals surface area contributed by atoms with Gasteiger partial charge in [0.15, 0.2) is 26.0 Å². The third kappa shape index (κ3) is 4.30. The van der Waals surface area contributed by atoms with Crippen LogP contribution >= 0.6 is 0 Å². The minimum absolute atomic E-state index is 0.129. The smallest absolute Gasteiger partial charge is 0.183 e. The summed E-state index contributed by atoms with van der Waals surface area (Å²) in [6, 6.07) is 7.20. The number of hydrogen-bond acceptors (Lipinski definition) is 7. The van der Waals surface area contributed by atoms with Gasteiger partial charge < -0.3 is 14.8 Å². The Balaban J connectivity index is 2.24. The summed E-state index contributed by atoms with van der Waals surface area (Å²) in [5.41, 5.74) is 0. The van der Waals surface area contributed by atoms with E-state index in [0.717, 1.165) is 0 Å². The van der Waals surface area contributed by atoms with Crippen molar-refractivity contribution in [1.82, 2.24) is 5.32 Å². The molecule has 1 fully saturated rings. The van der Waals surface area contributed by atoms with Gasteiger partial charge in [0.2, 0.25) is 0 Å². The highest BCUT2D eigenvalue weighted by molar-refractivity contribution is 7.96. The lowest BCUT2D eigenvalue weighted by atomic mass is 10.2. The molecule has 0 unspecified atom stereocenters. The Hall–Kier alpha value is -1.00. The number of ether oxygens (including phenoxy) is 2. The lowest BCUT2D eigenvalue weighted by molar-refractivity contribution is -0.0995. The molecule has 9 heteroatoms. The van der Waals surface area contributed by atoms with E-state index in [-0.39, 0.29) is 22.9 Å². The number of sulfone groups is 2. The van der Waals surface area contributed by atoms with Crippen molar-refractivity contribution in [2.75, 3.05) is 32.3 Å². The lowest BCUT2D eigenvalue weighted by Gasteiger charge is -2.22. The number of hydrogen-bond donors (Lipinski definition) is 1. The highest BCUT2D eigenvalue weighted by Gasteiger charge is 2.45. The summed E-state index contributed by atoms with van der Waals surface area (Å²) in [6.45, 7) is 0.202. The van der Waals surface area contributed by atoms with E-state index in [1.54, 1.807) is 18.2 Å². The highest BCUT2D eigenvalue weighted by Crippen LogP contribution is 2.25. The number of benzene rings is 1. The molecule has 1 aliphatic rings. The van der Waals surface area contributed by atoms with Crippen LogP contribution in [0, 0.1) is 0 Å². The van der Waals surface area contributed by atoms with Crippen LogP contribution in [0.15, 0.2) is 35.2 Å². The van der Waals surface area contributed by atoms with Gasteiger partial charge in [-0.3, -0.25) is 0 Å². The molecule has 7 nitrogen and oxygen atoms in total. The first-order chi connectivity index (χ1) is 10.8. The summed E-state index contributed by atoms with van der Waals surface area (Å²) in [4.78, 5) is 0.129. The maximum absolute atomic E-state index is 12.7. The first kappa shape index (κ1) is 18.3. The van der Waals surface area contributed by atoms with Crippen molar-refractivity contribution >= 4 is 19.7 Å². The molecule has 0 aromatic heterocycles. The van der Waals surface area contributed by atoms with Gasteiger partial charge >= 0.3 is 0 Å². The molecular formula is C14H21NO6S2. The van der Waals surface area contributed by atoms with Gasteiger partial charge in [-0.05, 0) is 12.1 Å². The molecule has 1 heterocycles. The van der Waals surface area contributed by atoms with Gasteiger partial charge in [0.05, 0.1) is 21.7 Å². The largest absolute Gasteiger partial charge is 0.355 e. The summed E-state index contributed by atoms with van der Waals surface area (Å²) in [5.74, 6) is -0.601. The van der Waals surface area contributed by atoms with Crippen LogP contribution in [-0.2, 0) is 29.1 Å². The average molecular weight is 363 g/mol. The van der Waals surface area contributed by atoms with Crippen molar-refractivity contribution < 1.29 is 26.3 Å². The number of nitrogens with one attached hydrogen (secondary N) is 1. The Labute approximate surface area is 136 Å². The SMILES string of the molecule is COC(CN[C@@H]1CS(=O)(=O)C[C@H]1S(=O)(=O)c1ccccc1)OC. The van der Waals surface area contributed by atoms with Gasteiger partial charge in [0.1, 0.15) is 0 Å².